The van der Waals surface area contributed by atoms with E-state index in [-0.39, 0.29) is 18.2 Å². The number of rotatable bonds is 6. The number of nitrogens with one attached hydrogen (secondary N) is 1. The molecule has 31 heavy (non-hydrogen) atoms. The molecule has 4 rings (SSSR count). The molecule has 6 nitrogen and oxygen atoms in total. The van der Waals surface area contributed by atoms with Gasteiger partial charge in [0.25, 0.3) is 6.43 Å². The fraction of sp³-hybridized carbons (Fsp3) is 0.364. The van der Waals surface area contributed by atoms with Crippen LogP contribution in [-0.2, 0) is 0 Å². The van der Waals surface area contributed by atoms with Gasteiger partial charge in [-0.3, -0.25) is 4.98 Å². The molecule has 0 aliphatic carbocycles. The van der Waals surface area contributed by atoms with Crippen LogP contribution in [0.3, 0.4) is 0 Å². The van der Waals surface area contributed by atoms with Crippen molar-refractivity contribution in [3.63, 3.8) is 0 Å². The summed E-state index contributed by atoms with van der Waals surface area (Å²) in [5.41, 5.74) is 0.756. The molecule has 0 bridgehead atoms. The summed E-state index contributed by atoms with van der Waals surface area (Å²) in [5.74, 6) is -0.340. The summed E-state index contributed by atoms with van der Waals surface area (Å²) < 4.78 is 40.7. The Morgan fingerprint density at radius 3 is 2.74 bits per heavy atom. The first-order valence-electron chi connectivity index (χ1n) is 10.0. The molecule has 164 valence electrons. The summed E-state index contributed by atoms with van der Waals surface area (Å²) in [6, 6.07) is 6.67. The minimum absolute atomic E-state index is 0.105. The Hall–Kier alpha value is -2.91. The fourth-order valence-electron chi connectivity index (χ4n) is 4.05. The number of aliphatic hydroxyl groups excluding tert-OH is 2. The Morgan fingerprint density at radius 2 is 2.00 bits per heavy atom. The van der Waals surface area contributed by atoms with Crippen molar-refractivity contribution in [2.45, 2.75) is 38.0 Å². The van der Waals surface area contributed by atoms with E-state index < -0.39 is 30.0 Å². The molecule has 1 aliphatic rings. The smallest absolute Gasteiger partial charge is 0.266 e. The highest BCUT2D eigenvalue weighted by atomic mass is 19.3. The quantitative estimate of drug-likeness (QED) is 0.550. The van der Waals surface area contributed by atoms with Gasteiger partial charge >= 0.3 is 0 Å². The van der Waals surface area contributed by atoms with E-state index >= 15 is 0 Å². The second-order valence-electron chi connectivity index (χ2n) is 7.71. The molecule has 0 spiro atoms. The first-order chi connectivity index (χ1) is 14.9. The van der Waals surface area contributed by atoms with Crippen molar-refractivity contribution in [2.24, 2.45) is 0 Å². The molecule has 2 aromatic heterocycles. The van der Waals surface area contributed by atoms with Crippen molar-refractivity contribution < 1.29 is 23.4 Å². The van der Waals surface area contributed by atoms with E-state index in [0.717, 1.165) is 6.07 Å². The molecule has 3 heterocycles. The van der Waals surface area contributed by atoms with Gasteiger partial charge in [0.15, 0.2) is 0 Å². The summed E-state index contributed by atoms with van der Waals surface area (Å²) in [6.45, 7) is 1.95. The molecule has 9 heteroatoms. The van der Waals surface area contributed by atoms with Crippen LogP contribution < -0.4 is 10.2 Å². The number of aromatic nitrogens is 2. The molecule has 0 unspecified atom stereocenters. The molecule has 0 saturated carbocycles. The van der Waals surface area contributed by atoms with Crippen LogP contribution >= 0.6 is 0 Å². The van der Waals surface area contributed by atoms with E-state index in [1.54, 1.807) is 31.5 Å². The molecule has 3 atom stereocenters. The van der Waals surface area contributed by atoms with Gasteiger partial charge in [-0.1, -0.05) is 18.2 Å². The molecule has 0 amide bonds. The zero-order valence-electron chi connectivity index (χ0n) is 16.8. The average molecular weight is 432 g/mol. The van der Waals surface area contributed by atoms with Gasteiger partial charge in [0, 0.05) is 29.4 Å². The van der Waals surface area contributed by atoms with Gasteiger partial charge in [-0.2, -0.15) is 0 Å². The van der Waals surface area contributed by atoms with E-state index in [0.29, 0.717) is 35.4 Å². The van der Waals surface area contributed by atoms with Crippen LogP contribution in [0.25, 0.3) is 10.9 Å². The van der Waals surface area contributed by atoms with Crippen LogP contribution in [0.2, 0.25) is 0 Å². The van der Waals surface area contributed by atoms with Gasteiger partial charge in [-0.15, -0.1) is 0 Å². The van der Waals surface area contributed by atoms with Crippen LogP contribution in [0.5, 0.6) is 0 Å². The third-order valence-electron chi connectivity index (χ3n) is 5.64. The Balaban J connectivity index is 1.68. The molecule has 1 fully saturated rings. The van der Waals surface area contributed by atoms with Crippen molar-refractivity contribution in [3.8, 4) is 0 Å². The number of anilines is 2. The maximum atomic E-state index is 14.6. The highest BCUT2D eigenvalue weighted by Gasteiger charge is 2.31. The first kappa shape index (κ1) is 21.3. The largest absolute Gasteiger partial charge is 0.394 e. The van der Waals surface area contributed by atoms with Gasteiger partial charge in [-0.25, -0.2) is 18.2 Å². The third kappa shape index (κ3) is 4.15. The topological polar surface area (TPSA) is 81.5 Å². The van der Waals surface area contributed by atoms with E-state index in [1.165, 1.54) is 12.1 Å². The highest BCUT2D eigenvalue weighted by Crippen LogP contribution is 2.33. The van der Waals surface area contributed by atoms with Crippen molar-refractivity contribution in [2.75, 3.05) is 23.4 Å². The zero-order valence-corrected chi connectivity index (χ0v) is 16.8. The van der Waals surface area contributed by atoms with E-state index in [4.69, 9.17) is 0 Å². The number of β-amino-alcohol motifs (C(OH)–C–C–N with tert-alkyl or cyclic N) is 1. The number of hydrogen-bond acceptors (Lipinski definition) is 6. The Labute approximate surface area is 177 Å². The summed E-state index contributed by atoms with van der Waals surface area (Å²) in [6.07, 6.45) is 0.188. The van der Waals surface area contributed by atoms with Gasteiger partial charge in [0.1, 0.15) is 11.6 Å². The van der Waals surface area contributed by atoms with Crippen molar-refractivity contribution in [1.29, 1.82) is 0 Å². The number of benzene rings is 1. The van der Waals surface area contributed by atoms with Gasteiger partial charge in [-0.05, 0) is 25.5 Å². The molecule has 1 aliphatic heterocycles. The maximum Gasteiger partial charge on any atom is 0.266 e. The van der Waals surface area contributed by atoms with Crippen LogP contribution in [0.4, 0.5) is 24.7 Å². The molecular weight excluding hydrogens is 409 g/mol. The lowest BCUT2D eigenvalue weighted by Crippen LogP contribution is -2.33. The maximum absolute atomic E-state index is 14.6. The van der Waals surface area contributed by atoms with Gasteiger partial charge in [0.05, 0.1) is 42.1 Å². The molecule has 0 radical (unpaired) electrons. The summed E-state index contributed by atoms with van der Waals surface area (Å²) in [4.78, 5) is 10.6. The number of pyridine rings is 2. The van der Waals surface area contributed by atoms with Gasteiger partial charge in [0.2, 0.25) is 0 Å². The number of aliphatic hydroxyl groups is 2. The van der Waals surface area contributed by atoms with Crippen molar-refractivity contribution in [3.05, 3.63) is 59.7 Å². The molecule has 3 aromatic rings. The highest BCUT2D eigenvalue weighted by molar-refractivity contribution is 5.92. The summed E-state index contributed by atoms with van der Waals surface area (Å²) in [5, 5.41) is 23.5. The second kappa shape index (κ2) is 8.68. The van der Waals surface area contributed by atoms with E-state index in [1.807, 2.05) is 4.90 Å². The van der Waals surface area contributed by atoms with Crippen LogP contribution in [0.15, 0.2) is 42.7 Å². The minimum Gasteiger partial charge on any atom is -0.394 e. The lowest BCUT2D eigenvalue weighted by Gasteiger charge is -2.24. The first-order valence-corrected chi connectivity index (χ1v) is 10.0. The monoisotopic (exact) mass is 432 g/mol. The molecule has 3 N–H and O–H groups in total. The van der Waals surface area contributed by atoms with Crippen LogP contribution in [0.1, 0.15) is 36.9 Å². The molecule has 1 aromatic carbocycles. The normalized spacial score (nSPS) is 19.9. The molecular formula is C22H23F3N4O2. The Bertz CT molecular complexity index is 1080. The minimum atomic E-state index is -2.89. The predicted octanol–water partition coefficient (Wildman–Crippen LogP) is 3.81. The lowest BCUT2D eigenvalue weighted by atomic mass is 10.0. The Morgan fingerprint density at radius 1 is 1.23 bits per heavy atom. The number of hydrogen-bond donors (Lipinski definition) is 3. The van der Waals surface area contributed by atoms with Crippen molar-refractivity contribution >= 4 is 22.4 Å². The molecule has 1 saturated heterocycles. The lowest BCUT2D eigenvalue weighted by molar-refractivity contribution is 0.146. The number of halogens is 3. The average Bonchev–Trinajstić information content (AvgIpc) is 3.14. The van der Waals surface area contributed by atoms with E-state index in [9.17, 15) is 23.4 Å². The SMILES string of the molecule is C[C@@H](Nc1ccnc2cnc(N3C[C@H](O)C[C@H]3CO)cc12)c1cccc(C(F)F)c1F. The Kier molecular flexibility index (Phi) is 5.97. The number of alkyl halides is 2. The van der Waals surface area contributed by atoms with E-state index in [2.05, 4.69) is 15.3 Å². The predicted molar refractivity (Wildman–Crippen MR) is 112 cm³/mol. The standard InChI is InChI=1S/C22H23F3N4O2/c1-12(15-3-2-4-16(21(15)23)22(24)25)28-18-5-6-26-19-9-27-20(8-17(18)19)29-10-14(31)7-13(29)11-30/h2-6,8-9,12-14,22,30-31H,7,10-11H2,1H3,(H,26,28)/t12-,13+,14-/m1/s1. The van der Waals surface area contributed by atoms with Crippen LogP contribution in [-0.4, -0.2) is 45.5 Å². The van der Waals surface area contributed by atoms with Gasteiger partial charge < -0.3 is 20.4 Å². The number of nitrogens with zero attached hydrogens (tertiary/aromatic N) is 3. The third-order valence-corrected chi connectivity index (χ3v) is 5.64. The summed E-state index contributed by atoms with van der Waals surface area (Å²) in [7, 11) is 0. The zero-order chi connectivity index (χ0) is 22.1. The van der Waals surface area contributed by atoms with Crippen LogP contribution in [0, 0.1) is 5.82 Å². The fourth-order valence-corrected chi connectivity index (χ4v) is 4.05. The van der Waals surface area contributed by atoms with Crippen molar-refractivity contribution in [1.82, 2.24) is 9.97 Å². The summed E-state index contributed by atoms with van der Waals surface area (Å²) >= 11 is 0. The second-order valence-corrected chi connectivity index (χ2v) is 7.71. The number of fused-ring (bicyclic) bond motifs is 1.